The molecule has 0 radical (unpaired) electrons. The number of benzene rings is 1. The van der Waals surface area contributed by atoms with Crippen LogP contribution in [-0.4, -0.2) is 19.2 Å². The van der Waals surface area contributed by atoms with Crippen molar-refractivity contribution in [3.05, 3.63) is 48.0 Å². The number of carbonyl (C=O) groups excluding carboxylic acids is 1. The predicted octanol–water partition coefficient (Wildman–Crippen LogP) is 2.71. The number of ether oxygens (including phenoxy) is 2. The molecule has 0 aliphatic carbocycles. The second kappa shape index (κ2) is 8.53. The van der Waals surface area contributed by atoms with Crippen LogP contribution < -0.4 is 0 Å². The molecule has 0 unspecified atom stereocenters. The van der Waals surface area contributed by atoms with E-state index in [4.69, 9.17) is 9.47 Å². The van der Waals surface area contributed by atoms with Gasteiger partial charge in [-0.3, -0.25) is 4.79 Å². The van der Waals surface area contributed by atoms with Gasteiger partial charge in [-0.25, -0.2) is 0 Å². The number of carbonyl (C=O) groups is 1. The molecule has 0 saturated carbocycles. The van der Waals surface area contributed by atoms with Crippen LogP contribution in [0.3, 0.4) is 0 Å². The van der Waals surface area contributed by atoms with Crippen LogP contribution in [0.15, 0.2) is 42.5 Å². The topological polar surface area (TPSA) is 35.5 Å². The lowest BCUT2D eigenvalue weighted by molar-refractivity contribution is -0.142. The summed E-state index contributed by atoms with van der Waals surface area (Å²) in [4.78, 5) is 11.0. The van der Waals surface area contributed by atoms with Crippen LogP contribution in [0.4, 0.5) is 0 Å². The normalized spacial score (nSPS) is 10.6. The summed E-state index contributed by atoms with van der Waals surface area (Å²) in [6.07, 6.45) is 3.91. The Kier molecular flexibility index (Phi) is 6.75. The van der Waals surface area contributed by atoms with E-state index in [1.54, 1.807) is 13.0 Å². The van der Waals surface area contributed by atoms with Crippen LogP contribution >= 0.6 is 0 Å². The highest BCUT2D eigenvalue weighted by Gasteiger charge is 1.95. The third-order valence-corrected chi connectivity index (χ3v) is 2.08. The van der Waals surface area contributed by atoms with Crippen LogP contribution in [0.1, 0.15) is 18.9 Å². The number of esters is 1. The zero-order chi connectivity index (χ0) is 12.3. The summed E-state index contributed by atoms with van der Waals surface area (Å²) in [6.45, 7) is 3.32. The molecular weight excluding hydrogens is 216 g/mol. The summed E-state index contributed by atoms with van der Waals surface area (Å²) in [5.41, 5.74) is 1.14. The Bertz CT molecular complexity index is 344. The van der Waals surface area contributed by atoms with E-state index in [1.807, 2.05) is 36.4 Å². The lowest BCUT2D eigenvalue weighted by Gasteiger charge is -2.00. The summed E-state index contributed by atoms with van der Waals surface area (Å²) in [7, 11) is 0. The smallest absolute Gasteiger partial charge is 0.309 e. The molecule has 0 spiro atoms. The Morgan fingerprint density at radius 2 is 2.00 bits per heavy atom. The van der Waals surface area contributed by atoms with Gasteiger partial charge in [-0.15, -0.1) is 0 Å². The quantitative estimate of drug-likeness (QED) is 0.413. The van der Waals surface area contributed by atoms with Gasteiger partial charge in [0.05, 0.1) is 26.2 Å². The highest BCUT2D eigenvalue weighted by atomic mass is 16.5. The molecule has 0 aliphatic rings. The van der Waals surface area contributed by atoms with E-state index < -0.39 is 0 Å². The molecule has 1 aromatic carbocycles. The highest BCUT2D eigenvalue weighted by molar-refractivity contribution is 5.71. The van der Waals surface area contributed by atoms with E-state index in [0.717, 1.165) is 5.56 Å². The number of rotatable bonds is 7. The van der Waals surface area contributed by atoms with Crippen molar-refractivity contribution in [2.75, 3.05) is 13.2 Å². The summed E-state index contributed by atoms with van der Waals surface area (Å²) in [6, 6.07) is 9.97. The van der Waals surface area contributed by atoms with Crippen LogP contribution in [0, 0.1) is 0 Å². The molecule has 17 heavy (non-hydrogen) atoms. The van der Waals surface area contributed by atoms with E-state index in [-0.39, 0.29) is 5.97 Å². The van der Waals surface area contributed by atoms with Gasteiger partial charge < -0.3 is 9.47 Å². The largest absolute Gasteiger partial charge is 0.466 e. The van der Waals surface area contributed by atoms with Gasteiger partial charge in [0, 0.05) is 0 Å². The van der Waals surface area contributed by atoms with Crippen molar-refractivity contribution in [3.63, 3.8) is 0 Å². The zero-order valence-electron chi connectivity index (χ0n) is 10.1. The van der Waals surface area contributed by atoms with E-state index in [0.29, 0.717) is 26.2 Å². The van der Waals surface area contributed by atoms with Gasteiger partial charge in [0.15, 0.2) is 0 Å². The third-order valence-electron chi connectivity index (χ3n) is 2.08. The summed E-state index contributed by atoms with van der Waals surface area (Å²) >= 11 is 0. The molecule has 0 saturated heterocycles. The Labute approximate surface area is 102 Å². The Morgan fingerprint density at radius 1 is 1.24 bits per heavy atom. The van der Waals surface area contributed by atoms with Crippen molar-refractivity contribution < 1.29 is 14.3 Å². The number of hydrogen-bond acceptors (Lipinski definition) is 3. The molecule has 0 fully saturated rings. The minimum absolute atomic E-state index is 0.202. The van der Waals surface area contributed by atoms with E-state index in [9.17, 15) is 4.79 Å². The van der Waals surface area contributed by atoms with Crippen molar-refractivity contribution in [1.82, 2.24) is 0 Å². The minimum atomic E-state index is -0.202. The fourth-order valence-electron chi connectivity index (χ4n) is 1.29. The van der Waals surface area contributed by atoms with Gasteiger partial charge in [-0.2, -0.15) is 0 Å². The van der Waals surface area contributed by atoms with Crippen molar-refractivity contribution in [2.24, 2.45) is 0 Å². The molecule has 1 aromatic rings. The molecule has 0 amide bonds. The molecule has 0 N–H and O–H groups in total. The molecule has 3 nitrogen and oxygen atoms in total. The highest BCUT2D eigenvalue weighted by Crippen LogP contribution is 2.00. The molecule has 0 aromatic heterocycles. The van der Waals surface area contributed by atoms with Gasteiger partial charge in [-0.1, -0.05) is 42.5 Å². The lowest BCUT2D eigenvalue weighted by atomic mass is 10.2. The maximum atomic E-state index is 11.0. The summed E-state index contributed by atoms with van der Waals surface area (Å²) < 4.78 is 10.2. The first-order valence-electron chi connectivity index (χ1n) is 5.75. The molecule has 3 heteroatoms. The van der Waals surface area contributed by atoms with Gasteiger partial charge in [-0.05, 0) is 12.5 Å². The first-order valence-corrected chi connectivity index (χ1v) is 5.75. The molecule has 0 bridgehead atoms. The van der Waals surface area contributed by atoms with Crippen molar-refractivity contribution in [3.8, 4) is 0 Å². The lowest BCUT2D eigenvalue weighted by Crippen LogP contribution is -2.01. The second-order valence-corrected chi connectivity index (χ2v) is 3.48. The Balaban J connectivity index is 2.08. The van der Waals surface area contributed by atoms with Crippen molar-refractivity contribution in [1.29, 1.82) is 0 Å². The monoisotopic (exact) mass is 234 g/mol. The Hall–Kier alpha value is -1.61. The van der Waals surface area contributed by atoms with E-state index >= 15 is 0 Å². The average molecular weight is 234 g/mol. The maximum absolute atomic E-state index is 11.0. The van der Waals surface area contributed by atoms with Gasteiger partial charge >= 0.3 is 5.97 Å². The standard InChI is InChI=1S/C14H18O3/c1-2-17-14(15)10-6-7-11-16-12-13-8-4-3-5-9-13/h3-9H,2,10-12H2,1H3/b7-6-. The molecule has 0 atom stereocenters. The fourth-order valence-corrected chi connectivity index (χ4v) is 1.29. The molecule has 0 heterocycles. The minimum Gasteiger partial charge on any atom is -0.466 e. The van der Waals surface area contributed by atoms with Crippen molar-refractivity contribution >= 4 is 5.97 Å². The van der Waals surface area contributed by atoms with E-state index in [2.05, 4.69) is 0 Å². The summed E-state index contributed by atoms with van der Waals surface area (Å²) in [5, 5.41) is 0. The van der Waals surface area contributed by atoms with Crippen LogP contribution in [0.25, 0.3) is 0 Å². The van der Waals surface area contributed by atoms with Crippen molar-refractivity contribution in [2.45, 2.75) is 20.0 Å². The molecule has 92 valence electrons. The van der Waals surface area contributed by atoms with Crippen LogP contribution in [0.5, 0.6) is 0 Å². The zero-order valence-corrected chi connectivity index (χ0v) is 10.1. The first kappa shape index (κ1) is 13.5. The van der Waals surface area contributed by atoms with Gasteiger partial charge in [0.2, 0.25) is 0 Å². The third kappa shape index (κ3) is 6.53. The van der Waals surface area contributed by atoms with E-state index in [1.165, 1.54) is 0 Å². The predicted molar refractivity (Wildman–Crippen MR) is 66.5 cm³/mol. The number of hydrogen-bond donors (Lipinski definition) is 0. The molecule has 0 aliphatic heterocycles. The molecule has 1 rings (SSSR count). The summed E-state index contributed by atoms with van der Waals surface area (Å²) in [5.74, 6) is -0.202. The maximum Gasteiger partial charge on any atom is 0.309 e. The SMILES string of the molecule is CCOC(=O)C/C=C\COCc1ccccc1. The van der Waals surface area contributed by atoms with Crippen LogP contribution in [-0.2, 0) is 20.9 Å². The molecular formula is C14H18O3. The van der Waals surface area contributed by atoms with Gasteiger partial charge in [0.1, 0.15) is 0 Å². The second-order valence-electron chi connectivity index (χ2n) is 3.48. The first-order chi connectivity index (χ1) is 8.33. The average Bonchev–Trinajstić information content (AvgIpc) is 2.35. The Morgan fingerprint density at radius 3 is 2.71 bits per heavy atom. The van der Waals surface area contributed by atoms with Gasteiger partial charge in [0.25, 0.3) is 0 Å². The fraction of sp³-hybridized carbons (Fsp3) is 0.357. The van der Waals surface area contributed by atoms with Crippen LogP contribution in [0.2, 0.25) is 0 Å².